The number of benzene rings is 2. The summed E-state index contributed by atoms with van der Waals surface area (Å²) < 4.78 is 59.5. The molecule has 0 atom stereocenters. The Kier molecular flexibility index (Phi) is 6.90. The van der Waals surface area contributed by atoms with Gasteiger partial charge in [-0.1, -0.05) is 6.07 Å². The van der Waals surface area contributed by atoms with Crippen LogP contribution in [-0.4, -0.2) is 42.9 Å². The lowest BCUT2D eigenvalue weighted by molar-refractivity contribution is -0.146. The summed E-state index contributed by atoms with van der Waals surface area (Å²) in [4.78, 5) is 12.1. The van der Waals surface area contributed by atoms with E-state index in [9.17, 15) is 18.7 Å². The number of rotatable bonds is 9. The second-order valence-electron chi connectivity index (χ2n) is 9.35. The minimum absolute atomic E-state index is 0.0728. The number of ether oxygens (including phenoxy) is 3. The molecule has 6 nitrogen and oxygen atoms in total. The Labute approximate surface area is 202 Å². The smallest absolute Gasteiger partial charge is 0.329 e. The van der Waals surface area contributed by atoms with Gasteiger partial charge in [0.15, 0.2) is 11.6 Å². The van der Waals surface area contributed by atoms with Crippen LogP contribution in [0.1, 0.15) is 49.7 Å². The van der Waals surface area contributed by atoms with E-state index in [0.29, 0.717) is 28.1 Å². The van der Waals surface area contributed by atoms with Crippen LogP contribution in [0.25, 0.3) is 11.1 Å². The number of carboxylic acids is 1. The molecule has 2 aliphatic carbocycles. The topological polar surface area (TPSA) is 77.0 Å². The number of methoxy groups -OCH3 is 2. The zero-order valence-corrected chi connectivity index (χ0v) is 20.1. The SMILES string of the molecule is COc1cc(-c2ccc(NC3(C(=O)O)CCC(F)(F)CC3)cc2COC2CC2)c(F)c(OC)c1C. The van der Waals surface area contributed by atoms with E-state index in [1.54, 1.807) is 31.2 Å². The van der Waals surface area contributed by atoms with Gasteiger partial charge in [0.2, 0.25) is 5.92 Å². The molecular weight excluding hydrogens is 463 g/mol. The first-order valence-electron chi connectivity index (χ1n) is 11.6. The lowest BCUT2D eigenvalue weighted by Crippen LogP contribution is -2.51. The zero-order chi connectivity index (χ0) is 25.4. The van der Waals surface area contributed by atoms with Crippen LogP contribution in [-0.2, 0) is 16.1 Å². The first-order chi connectivity index (χ1) is 16.6. The normalized spacial score (nSPS) is 18.7. The van der Waals surface area contributed by atoms with Gasteiger partial charge in [0.25, 0.3) is 0 Å². The number of alkyl halides is 2. The summed E-state index contributed by atoms with van der Waals surface area (Å²) in [7, 11) is 2.88. The number of hydrogen-bond donors (Lipinski definition) is 2. The maximum Gasteiger partial charge on any atom is 0.329 e. The highest BCUT2D eigenvalue weighted by molar-refractivity contribution is 5.84. The van der Waals surface area contributed by atoms with Crippen molar-refractivity contribution in [2.24, 2.45) is 0 Å². The Bertz CT molecular complexity index is 1110. The van der Waals surface area contributed by atoms with Crippen LogP contribution in [0.15, 0.2) is 24.3 Å². The van der Waals surface area contributed by atoms with Crippen molar-refractivity contribution < 1.29 is 37.3 Å². The predicted molar refractivity (Wildman–Crippen MR) is 125 cm³/mol. The Balaban J connectivity index is 1.73. The second kappa shape index (κ2) is 9.60. The third-order valence-corrected chi connectivity index (χ3v) is 6.87. The van der Waals surface area contributed by atoms with Crippen molar-refractivity contribution in [3.63, 3.8) is 0 Å². The van der Waals surface area contributed by atoms with Gasteiger partial charge in [-0.2, -0.15) is 0 Å². The molecule has 0 aliphatic heterocycles. The third kappa shape index (κ3) is 5.19. The van der Waals surface area contributed by atoms with Gasteiger partial charge in [0, 0.05) is 29.7 Å². The molecule has 0 radical (unpaired) electrons. The minimum atomic E-state index is -2.87. The first-order valence-corrected chi connectivity index (χ1v) is 11.6. The van der Waals surface area contributed by atoms with Gasteiger partial charge < -0.3 is 24.6 Å². The molecule has 0 unspecified atom stereocenters. The van der Waals surface area contributed by atoms with Crippen molar-refractivity contribution >= 4 is 11.7 Å². The molecule has 2 N–H and O–H groups in total. The van der Waals surface area contributed by atoms with Crippen molar-refractivity contribution in [3.05, 3.63) is 41.2 Å². The number of aliphatic carboxylic acids is 1. The fraction of sp³-hybridized carbons (Fsp3) is 0.500. The molecule has 0 amide bonds. The van der Waals surface area contributed by atoms with Crippen LogP contribution < -0.4 is 14.8 Å². The van der Waals surface area contributed by atoms with Crippen LogP contribution in [0.5, 0.6) is 11.5 Å². The molecule has 2 aliphatic rings. The van der Waals surface area contributed by atoms with E-state index in [0.717, 1.165) is 12.8 Å². The quantitative estimate of drug-likeness (QED) is 0.450. The van der Waals surface area contributed by atoms with Gasteiger partial charge in [0.05, 0.1) is 26.9 Å². The van der Waals surface area contributed by atoms with Crippen LogP contribution >= 0.6 is 0 Å². The van der Waals surface area contributed by atoms with Crippen molar-refractivity contribution in [1.82, 2.24) is 0 Å². The molecule has 0 heterocycles. The van der Waals surface area contributed by atoms with E-state index in [1.165, 1.54) is 14.2 Å². The maximum atomic E-state index is 15.5. The summed E-state index contributed by atoms with van der Waals surface area (Å²) in [6.45, 7) is 1.89. The highest BCUT2D eigenvalue weighted by Gasteiger charge is 2.48. The highest BCUT2D eigenvalue weighted by Crippen LogP contribution is 2.43. The van der Waals surface area contributed by atoms with Gasteiger partial charge in [-0.25, -0.2) is 18.0 Å². The molecule has 0 aromatic heterocycles. The zero-order valence-electron chi connectivity index (χ0n) is 20.1. The molecule has 2 aromatic rings. The summed E-state index contributed by atoms with van der Waals surface area (Å²) in [5, 5.41) is 12.9. The summed E-state index contributed by atoms with van der Waals surface area (Å²) in [6, 6.07) is 6.60. The van der Waals surface area contributed by atoms with Gasteiger partial charge in [-0.05, 0) is 61.9 Å². The van der Waals surface area contributed by atoms with Crippen LogP contribution in [0.4, 0.5) is 18.9 Å². The molecule has 35 heavy (non-hydrogen) atoms. The fourth-order valence-corrected chi connectivity index (χ4v) is 4.56. The van der Waals surface area contributed by atoms with Crippen LogP contribution in [0.3, 0.4) is 0 Å². The standard InChI is InChI=1S/C26H30F3NO5/c1-15-21(33-2)13-20(22(27)23(15)34-3)19-7-4-17(12-16(19)14-35-18-5-6-18)30-25(24(31)32)8-10-26(28,29)11-9-25/h4,7,12-13,18,30H,5-6,8-11,14H2,1-3H3,(H,31,32). The van der Waals surface area contributed by atoms with E-state index in [2.05, 4.69) is 5.32 Å². The monoisotopic (exact) mass is 493 g/mol. The number of nitrogens with one attached hydrogen (secondary N) is 1. The Morgan fingerprint density at radius 3 is 2.34 bits per heavy atom. The molecule has 9 heteroatoms. The lowest BCUT2D eigenvalue weighted by atomic mass is 9.79. The van der Waals surface area contributed by atoms with E-state index < -0.39 is 36.1 Å². The molecular formula is C26H30F3NO5. The van der Waals surface area contributed by atoms with Crippen molar-refractivity contribution in [2.75, 3.05) is 19.5 Å². The second-order valence-corrected chi connectivity index (χ2v) is 9.35. The first kappa shape index (κ1) is 25.2. The Morgan fingerprint density at radius 1 is 1.09 bits per heavy atom. The van der Waals surface area contributed by atoms with E-state index in [4.69, 9.17) is 14.2 Å². The molecule has 2 saturated carbocycles. The molecule has 4 rings (SSSR count). The van der Waals surface area contributed by atoms with Crippen molar-refractivity contribution in [1.29, 1.82) is 0 Å². The summed E-state index contributed by atoms with van der Waals surface area (Å²) in [6.07, 6.45) is 0.621. The van der Waals surface area contributed by atoms with Gasteiger partial charge in [0.1, 0.15) is 11.3 Å². The van der Waals surface area contributed by atoms with E-state index in [-0.39, 0.29) is 36.9 Å². The van der Waals surface area contributed by atoms with Crippen LogP contribution in [0, 0.1) is 12.7 Å². The Morgan fingerprint density at radius 2 is 1.77 bits per heavy atom. The predicted octanol–water partition coefficient (Wildman–Crippen LogP) is 5.94. The van der Waals surface area contributed by atoms with Crippen molar-refractivity contribution in [2.45, 2.75) is 69.6 Å². The summed E-state index contributed by atoms with van der Waals surface area (Å²) in [5.74, 6) is -4.05. The molecule has 190 valence electrons. The largest absolute Gasteiger partial charge is 0.496 e. The maximum absolute atomic E-state index is 15.5. The van der Waals surface area contributed by atoms with Crippen molar-refractivity contribution in [3.8, 4) is 22.6 Å². The summed E-state index contributed by atoms with van der Waals surface area (Å²) in [5.41, 5.74) is 0.917. The number of anilines is 1. The average molecular weight is 494 g/mol. The van der Waals surface area contributed by atoms with Gasteiger partial charge >= 0.3 is 5.97 Å². The third-order valence-electron chi connectivity index (χ3n) is 6.87. The lowest BCUT2D eigenvalue weighted by Gasteiger charge is -2.38. The number of carboxylic acid groups (broad SMARTS) is 1. The number of carbonyl (C=O) groups is 1. The fourth-order valence-electron chi connectivity index (χ4n) is 4.56. The molecule has 0 spiro atoms. The number of hydrogen-bond acceptors (Lipinski definition) is 5. The average Bonchev–Trinajstić information content (AvgIpc) is 3.65. The molecule has 0 saturated heterocycles. The number of halogens is 3. The highest BCUT2D eigenvalue weighted by atomic mass is 19.3. The van der Waals surface area contributed by atoms with Gasteiger partial charge in [-0.3, -0.25) is 0 Å². The molecule has 2 aromatic carbocycles. The summed E-state index contributed by atoms with van der Waals surface area (Å²) >= 11 is 0. The van der Waals surface area contributed by atoms with E-state index in [1.807, 2.05) is 0 Å². The van der Waals surface area contributed by atoms with Crippen LogP contribution in [0.2, 0.25) is 0 Å². The Hall–Kier alpha value is -2.94. The molecule has 0 bridgehead atoms. The van der Waals surface area contributed by atoms with Gasteiger partial charge in [-0.15, -0.1) is 0 Å². The minimum Gasteiger partial charge on any atom is -0.496 e. The molecule has 2 fully saturated rings. The van der Waals surface area contributed by atoms with E-state index >= 15 is 4.39 Å².